The van der Waals surface area contributed by atoms with Crippen LogP contribution in [0.5, 0.6) is 0 Å². The molecule has 18 heavy (non-hydrogen) atoms. The minimum Gasteiger partial charge on any atom is -0.444 e. The van der Waals surface area contributed by atoms with Crippen molar-refractivity contribution in [2.24, 2.45) is 0 Å². The summed E-state index contributed by atoms with van der Waals surface area (Å²) in [5.74, 6) is 1.59. The molecule has 5 heteroatoms. The number of hydrogen-bond donors (Lipinski definition) is 1. The standard InChI is InChI=1S/C13H14Cl2N2O/c1-2-12-7-17-13(18-12)8-16-6-9-3-10(14)5-11(15)4-9/h3-5,7,16H,2,6,8H2,1H3. The molecule has 0 saturated carbocycles. The van der Waals surface area contributed by atoms with Gasteiger partial charge in [0.2, 0.25) is 5.89 Å². The minimum atomic E-state index is 0.587. The molecule has 0 aliphatic heterocycles. The smallest absolute Gasteiger partial charge is 0.208 e. The predicted octanol–water partition coefficient (Wildman–Crippen LogP) is 3.83. The number of nitrogens with one attached hydrogen (secondary N) is 1. The molecule has 2 rings (SSSR count). The van der Waals surface area contributed by atoms with Gasteiger partial charge in [0.05, 0.1) is 12.7 Å². The van der Waals surface area contributed by atoms with E-state index < -0.39 is 0 Å². The fourth-order valence-corrected chi connectivity index (χ4v) is 2.19. The quantitative estimate of drug-likeness (QED) is 0.907. The third kappa shape index (κ3) is 3.73. The van der Waals surface area contributed by atoms with Gasteiger partial charge < -0.3 is 9.73 Å². The highest BCUT2D eigenvalue weighted by Crippen LogP contribution is 2.18. The number of aromatic nitrogens is 1. The van der Waals surface area contributed by atoms with Crippen LogP contribution in [0.15, 0.2) is 28.8 Å². The number of hydrogen-bond acceptors (Lipinski definition) is 3. The van der Waals surface area contributed by atoms with Crippen molar-refractivity contribution in [3.05, 3.63) is 51.7 Å². The first kappa shape index (κ1) is 13.4. The molecular weight excluding hydrogens is 271 g/mol. The molecule has 0 aliphatic rings. The lowest BCUT2D eigenvalue weighted by atomic mass is 10.2. The van der Waals surface area contributed by atoms with Crippen molar-refractivity contribution in [2.75, 3.05) is 0 Å². The summed E-state index contributed by atoms with van der Waals surface area (Å²) in [5, 5.41) is 4.52. The Hall–Kier alpha value is -1.03. The summed E-state index contributed by atoms with van der Waals surface area (Å²) in [6.07, 6.45) is 2.62. The van der Waals surface area contributed by atoms with E-state index in [9.17, 15) is 0 Å². The first-order valence-electron chi connectivity index (χ1n) is 5.76. The van der Waals surface area contributed by atoms with Crippen molar-refractivity contribution in [2.45, 2.75) is 26.4 Å². The van der Waals surface area contributed by atoms with Crippen molar-refractivity contribution in [1.82, 2.24) is 10.3 Å². The van der Waals surface area contributed by atoms with Crippen LogP contribution in [0.25, 0.3) is 0 Å². The maximum atomic E-state index is 5.93. The summed E-state index contributed by atoms with van der Waals surface area (Å²) in [6, 6.07) is 5.48. The fourth-order valence-electron chi connectivity index (χ4n) is 1.62. The van der Waals surface area contributed by atoms with Crippen molar-refractivity contribution in [1.29, 1.82) is 0 Å². The summed E-state index contributed by atoms with van der Waals surface area (Å²) >= 11 is 11.9. The molecule has 0 saturated heterocycles. The first-order valence-corrected chi connectivity index (χ1v) is 6.52. The number of rotatable bonds is 5. The van der Waals surface area contributed by atoms with E-state index in [4.69, 9.17) is 27.6 Å². The Morgan fingerprint density at radius 2 is 1.89 bits per heavy atom. The van der Waals surface area contributed by atoms with Crippen molar-refractivity contribution < 1.29 is 4.42 Å². The summed E-state index contributed by atoms with van der Waals surface area (Å²) in [4.78, 5) is 4.17. The molecule has 0 atom stereocenters. The van der Waals surface area contributed by atoms with E-state index in [1.54, 1.807) is 12.3 Å². The second-order valence-corrected chi connectivity index (χ2v) is 4.83. The SMILES string of the molecule is CCc1cnc(CNCc2cc(Cl)cc(Cl)c2)o1. The zero-order valence-corrected chi connectivity index (χ0v) is 11.6. The third-order valence-electron chi connectivity index (χ3n) is 2.48. The van der Waals surface area contributed by atoms with Gasteiger partial charge in [0, 0.05) is 23.0 Å². The molecule has 2 aromatic rings. The highest BCUT2D eigenvalue weighted by molar-refractivity contribution is 6.34. The number of halogens is 2. The summed E-state index contributed by atoms with van der Waals surface area (Å²) in [6.45, 7) is 3.29. The fraction of sp³-hybridized carbons (Fsp3) is 0.308. The third-order valence-corrected chi connectivity index (χ3v) is 2.91. The molecular formula is C13H14Cl2N2O. The van der Waals surface area contributed by atoms with Gasteiger partial charge in [-0.2, -0.15) is 0 Å². The van der Waals surface area contributed by atoms with Gasteiger partial charge in [-0.3, -0.25) is 0 Å². The lowest BCUT2D eigenvalue weighted by Crippen LogP contribution is -2.12. The van der Waals surface area contributed by atoms with Crippen LogP contribution < -0.4 is 5.32 Å². The zero-order valence-electron chi connectivity index (χ0n) is 10.0. The van der Waals surface area contributed by atoms with Crippen molar-refractivity contribution in [3.8, 4) is 0 Å². The maximum Gasteiger partial charge on any atom is 0.208 e. The van der Waals surface area contributed by atoms with Crippen LogP contribution in [0.3, 0.4) is 0 Å². The van der Waals surface area contributed by atoms with E-state index >= 15 is 0 Å². The van der Waals surface area contributed by atoms with Gasteiger partial charge in [0.15, 0.2) is 0 Å². The second kappa shape index (κ2) is 6.23. The Kier molecular flexibility index (Phi) is 4.64. The largest absolute Gasteiger partial charge is 0.444 e. The van der Waals surface area contributed by atoms with Gasteiger partial charge in [0.1, 0.15) is 5.76 Å². The van der Waals surface area contributed by atoms with E-state index in [-0.39, 0.29) is 0 Å². The van der Waals surface area contributed by atoms with Gasteiger partial charge in [0.25, 0.3) is 0 Å². The molecule has 0 radical (unpaired) electrons. The van der Waals surface area contributed by atoms with Crippen LogP contribution in [-0.4, -0.2) is 4.98 Å². The average molecular weight is 285 g/mol. The number of benzene rings is 1. The van der Waals surface area contributed by atoms with Crippen LogP contribution in [0.4, 0.5) is 0 Å². The molecule has 1 aromatic carbocycles. The molecule has 1 aromatic heterocycles. The predicted molar refractivity (Wildman–Crippen MR) is 72.9 cm³/mol. The van der Waals surface area contributed by atoms with E-state index in [2.05, 4.69) is 10.3 Å². The normalized spacial score (nSPS) is 10.8. The maximum absolute atomic E-state index is 5.93. The highest BCUT2D eigenvalue weighted by Gasteiger charge is 2.02. The molecule has 1 N–H and O–H groups in total. The van der Waals surface area contributed by atoms with Crippen LogP contribution in [0, 0.1) is 0 Å². The number of nitrogens with zero attached hydrogens (tertiary/aromatic N) is 1. The van der Waals surface area contributed by atoms with Gasteiger partial charge in [-0.05, 0) is 23.8 Å². The molecule has 0 aliphatic carbocycles. The van der Waals surface area contributed by atoms with E-state index in [0.29, 0.717) is 29.0 Å². The molecule has 0 fully saturated rings. The van der Waals surface area contributed by atoms with Crippen molar-refractivity contribution >= 4 is 23.2 Å². The lowest BCUT2D eigenvalue weighted by Gasteiger charge is -2.04. The highest BCUT2D eigenvalue weighted by atomic mass is 35.5. The molecule has 0 bridgehead atoms. The van der Waals surface area contributed by atoms with Crippen LogP contribution in [-0.2, 0) is 19.5 Å². The second-order valence-electron chi connectivity index (χ2n) is 3.96. The summed E-state index contributed by atoms with van der Waals surface area (Å²) in [5.41, 5.74) is 1.04. The van der Waals surface area contributed by atoms with Gasteiger partial charge in [-0.25, -0.2) is 4.98 Å². The van der Waals surface area contributed by atoms with Crippen LogP contribution in [0.2, 0.25) is 10.0 Å². The Labute approximate surface area is 116 Å². The number of oxazole rings is 1. The van der Waals surface area contributed by atoms with E-state index in [1.165, 1.54) is 0 Å². The molecule has 96 valence electrons. The Bertz CT molecular complexity index is 505. The monoisotopic (exact) mass is 284 g/mol. The topological polar surface area (TPSA) is 38.1 Å². The first-order chi connectivity index (χ1) is 8.67. The van der Waals surface area contributed by atoms with Crippen LogP contribution in [0.1, 0.15) is 24.1 Å². The molecule has 1 heterocycles. The van der Waals surface area contributed by atoms with Crippen LogP contribution >= 0.6 is 23.2 Å². The van der Waals surface area contributed by atoms with E-state index in [0.717, 1.165) is 17.7 Å². The lowest BCUT2D eigenvalue weighted by molar-refractivity contribution is 0.439. The van der Waals surface area contributed by atoms with Gasteiger partial charge >= 0.3 is 0 Å². The summed E-state index contributed by atoms with van der Waals surface area (Å²) in [7, 11) is 0. The number of aryl methyl sites for hydroxylation is 1. The van der Waals surface area contributed by atoms with Crippen molar-refractivity contribution in [3.63, 3.8) is 0 Å². The Morgan fingerprint density at radius 3 is 2.50 bits per heavy atom. The minimum absolute atomic E-state index is 0.587. The molecule has 0 unspecified atom stereocenters. The zero-order chi connectivity index (χ0) is 13.0. The van der Waals surface area contributed by atoms with Gasteiger partial charge in [-0.15, -0.1) is 0 Å². The summed E-state index contributed by atoms with van der Waals surface area (Å²) < 4.78 is 5.49. The van der Waals surface area contributed by atoms with E-state index in [1.807, 2.05) is 19.1 Å². The Balaban J connectivity index is 1.88. The Morgan fingerprint density at radius 1 is 1.17 bits per heavy atom. The molecule has 0 amide bonds. The molecule has 0 spiro atoms. The molecule has 3 nitrogen and oxygen atoms in total. The van der Waals surface area contributed by atoms with Gasteiger partial charge in [-0.1, -0.05) is 30.1 Å². The average Bonchev–Trinajstić information content (AvgIpc) is 2.76.